The predicted molar refractivity (Wildman–Crippen MR) is 77.4 cm³/mol. The molecule has 1 aromatic carbocycles. The molecule has 0 spiro atoms. The van der Waals surface area contributed by atoms with Gasteiger partial charge in [-0.15, -0.1) is 0 Å². The first-order valence-electron chi connectivity index (χ1n) is 6.56. The van der Waals surface area contributed by atoms with Crippen molar-refractivity contribution >= 4 is 11.6 Å². The average molecular weight is 288 g/mol. The molecule has 110 valence electrons. The summed E-state index contributed by atoms with van der Waals surface area (Å²) < 4.78 is 1.51. The molecule has 0 saturated heterocycles. The lowest BCUT2D eigenvalue weighted by Crippen LogP contribution is -2.27. The van der Waals surface area contributed by atoms with E-state index in [1.165, 1.54) is 16.8 Å². The number of nitro groups is 1. The first-order chi connectivity index (χ1) is 9.97. The Bertz CT molecular complexity index is 646. The predicted octanol–water partition coefficient (Wildman–Crippen LogP) is 2.17. The number of carbonyl (C=O) groups is 1. The van der Waals surface area contributed by atoms with Crippen molar-refractivity contribution in [1.29, 1.82) is 0 Å². The number of carbonyl (C=O) groups excluding carboxylic acids is 1. The second kappa shape index (κ2) is 6.17. The molecule has 0 bridgehead atoms. The van der Waals surface area contributed by atoms with Gasteiger partial charge < -0.3 is 5.32 Å². The van der Waals surface area contributed by atoms with Gasteiger partial charge in [0.2, 0.25) is 0 Å². The van der Waals surface area contributed by atoms with E-state index in [0.717, 1.165) is 0 Å². The Hall–Kier alpha value is -2.70. The Morgan fingerprint density at radius 3 is 2.57 bits per heavy atom. The van der Waals surface area contributed by atoms with E-state index in [2.05, 4.69) is 10.4 Å². The minimum Gasteiger partial charge on any atom is -0.350 e. The van der Waals surface area contributed by atoms with E-state index in [1.54, 1.807) is 24.4 Å². The normalized spacial score (nSPS) is 10.6. The Kier molecular flexibility index (Phi) is 4.32. The van der Waals surface area contributed by atoms with E-state index in [1.807, 2.05) is 13.8 Å². The first-order valence-corrected chi connectivity index (χ1v) is 6.56. The van der Waals surface area contributed by atoms with Crippen LogP contribution in [-0.4, -0.2) is 27.2 Å². The van der Waals surface area contributed by atoms with Gasteiger partial charge in [-0.25, -0.2) is 4.68 Å². The van der Waals surface area contributed by atoms with Crippen molar-refractivity contribution in [3.8, 4) is 5.69 Å². The topological polar surface area (TPSA) is 90.1 Å². The summed E-state index contributed by atoms with van der Waals surface area (Å²) in [7, 11) is 0. The third kappa shape index (κ3) is 3.65. The monoisotopic (exact) mass is 288 g/mol. The molecule has 1 N–H and O–H groups in total. The van der Waals surface area contributed by atoms with Crippen LogP contribution in [0.5, 0.6) is 0 Å². The van der Waals surface area contributed by atoms with Crippen LogP contribution in [-0.2, 0) is 0 Å². The van der Waals surface area contributed by atoms with Crippen LogP contribution in [0.25, 0.3) is 5.69 Å². The molecule has 0 aliphatic heterocycles. The highest BCUT2D eigenvalue weighted by Crippen LogP contribution is 2.14. The van der Waals surface area contributed by atoms with Crippen molar-refractivity contribution < 1.29 is 9.72 Å². The van der Waals surface area contributed by atoms with Crippen molar-refractivity contribution in [1.82, 2.24) is 15.1 Å². The van der Waals surface area contributed by atoms with Crippen LogP contribution in [0.1, 0.15) is 24.3 Å². The highest BCUT2D eigenvalue weighted by atomic mass is 16.6. The van der Waals surface area contributed by atoms with E-state index in [4.69, 9.17) is 0 Å². The summed E-state index contributed by atoms with van der Waals surface area (Å²) in [6.07, 6.45) is 1.64. The van der Waals surface area contributed by atoms with Crippen LogP contribution in [0.3, 0.4) is 0 Å². The minimum atomic E-state index is -0.461. The molecule has 0 saturated carbocycles. The summed E-state index contributed by atoms with van der Waals surface area (Å²) in [5.74, 6) is 0.134. The average Bonchev–Trinajstić information content (AvgIpc) is 2.94. The Morgan fingerprint density at radius 1 is 1.33 bits per heavy atom. The standard InChI is InChI=1S/C14H16N4O3/c1-10(2)9-15-14(19)13-7-8-17(16-13)11-3-5-12(6-4-11)18(20)21/h3-8,10H,9H2,1-2H3,(H,15,19). The molecule has 0 fully saturated rings. The smallest absolute Gasteiger partial charge is 0.271 e. The van der Waals surface area contributed by atoms with Crippen LogP contribution < -0.4 is 5.32 Å². The molecule has 0 unspecified atom stereocenters. The summed E-state index contributed by atoms with van der Waals surface area (Å²) in [5.41, 5.74) is 0.985. The second-order valence-electron chi connectivity index (χ2n) is 5.02. The van der Waals surface area contributed by atoms with Gasteiger partial charge in [0.15, 0.2) is 5.69 Å². The van der Waals surface area contributed by atoms with Gasteiger partial charge in [-0.2, -0.15) is 5.10 Å². The molecule has 2 aromatic rings. The molecule has 1 aromatic heterocycles. The third-order valence-electron chi connectivity index (χ3n) is 2.82. The molecule has 7 heteroatoms. The fraction of sp³-hybridized carbons (Fsp3) is 0.286. The van der Waals surface area contributed by atoms with Crippen LogP contribution in [0.4, 0.5) is 5.69 Å². The second-order valence-corrected chi connectivity index (χ2v) is 5.02. The lowest BCUT2D eigenvalue weighted by atomic mass is 10.2. The lowest BCUT2D eigenvalue weighted by molar-refractivity contribution is -0.384. The number of non-ortho nitro benzene ring substituents is 1. The summed E-state index contributed by atoms with van der Waals surface area (Å²) in [6, 6.07) is 7.57. The quantitative estimate of drug-likeness (QED) is 0.674. The number of nitro benzene ring substituents is 1. The van der Waals surface area contributed by atoms with E-state index < -0.39 is 4.92 Å². The maximum atomic E-state index is 11.9. The Morgan fingerprint density at radius 2 is 2.00 bits per heavy atom. The van der Waals surface area contributed by atoms with Crippen molar-refractivity contribution in [2.24, 2.45) is 5.92 Å². The fourth-order valence-electron chi connectivity index (χ4n) is 1.70. The molecular formula is C14H16N4O3. The lowest BCUT2D eigenvalue weighted by Gasteiger charge is -2.05. The summed E-state index contributed by atoms with van der Waals surface area (Å²) in [4.78, 5) is 22.0. The van der Waals surface area contributed by atoms with E-state index in [-0.39, 0.29) is 11.6 Å². The molecule has 7 nitrogen and oxygen atoms in total. The number of nitrogens with zero attached hydrogens (tertiary/aromatic N) is 3. The molecule has 1 amide bonds. The van der Waals surface area contributed by atoms with Gasteiger partial charge in [0.25, 0.3) is 11.6 Å². The fourth-order valence-corrected chi connectivity index (χ4v) is 1.70. The zero-order valence-corrected chi connectivity index (χ0v) is 11.8. The van der Waals surface area contributed by atoms with Crippen molar-refractivity contribution in [3.63, 3.8) is 0 Å². The largest absolute Gasteiger partial charge is 0.350 e. The molecule has 1 heterocycles. The van der Waals surface area contributed by atoms with Crippen molar-refractivity contribution in [3.05, 3.63) is 52.3 Å². The van der Waals surface area contributed by atoms with Crippen LogP contribution in [0.15, 0.2) is 36.5 Å². The van der Waals surface area contributed by atoms with E-state index >= 15 is 0 Å². The molecule has 0 aliphatic rings. The number of aromatic nitrogens is 2. The van der Waals surface area contributed by atoms with Gasteiger partial charge in [-0.1, -0.05) is 13.8 Å². The van der Waals surface area contributed by atoms with Crippen molar-refractivity contribution in [2.75, 3.05) is 6.54 Å². The van der Waals surface area contributed by atoms with Gasteiger partial charge in [0.1, 0.15) is 0 Å². The van der Waals surface area contributed by atoms with Gasteiger partial charge in [0, 0.05) is 24.9 Å². The van der Waals surface area contributed by atoms with Gasteiger partial charge in [-0.3, -0.25) is 14.9 Å². The Labute approximate surface area is 121 Å². The molecule has 21 heavy (non-hydrogen) atoms. The van der Waals surface area contributed by atoms with Gasteiger partial charge in [-0.05, 0) is 24.1 Å². The zero-order valence-electron chi connectivity index (χ0n) is 11.8. The van der Waals surface area contributed by atoms with Crippen molar-refractivity contribution in [2.45, 2.75) is 13.8 Å². The zero-order chi connectivity index (χ0) is 15.4. The molecule has 0 radical (unpaired) electrons. The Balaban J connectivity index is 2.12. The number of nitrogens with one attached hydrogen (secondary N) is 1. The highest BCUT2D eigenvalue weighted by Gasteiger charge is 2.11. The SMILES string of the molecule is CC(C)CNC(=O)c1ccn(-c2ccc([N+](=O)[O-])cc2)n1. The number of amides is 1. The maximum Gasteiger partial charge on any atom is 0.271 e. The minimum absolute atomic E-state index is 0.0146. The summed E-state index contributed by atoms with van der Waals surface area (Å²) in [6.45, 7) is 4.61. The molecule has 2 rings (SSSR count). The third-order valence-corrected chi connectivity index (χ3v) is 2.82. The highest BCUT2D eigenvalue weighted by molar-refractivity contribution is 5.92. The number of hydrogen-bond donors (Lipinski definition) is 1. The number of benzene rings is 1. The molecular weight excluding hydrogens is 272 g/mol. The molecule has 0 aliphatic carbocycles. The van der Waals surface area contributed by atoms with Crippen LogP contribution in [0.2, 0.25) is 0 Å². The number of rotatable bonds is 5. The first kappa shape index (κ1) is 14.7. The molecule has 0 atom stereocenters. The van der Waals surface area contributed by atoms with Crippen LogP contribution in [0, 0.1) is 16.0 Å². The van der Waals surface area contributed by atoms with Crippen LogP contribution >= 0.6 is 0 Å². The van der Waals surface area contributed by atoms with E-state index in [9.17, 15) is 14.9 Å². The van der Waals surface area contributed by atoms with E-state index in [0.29, 0.717) is 23.8 Å². The number of hydrogen-bond acceptors (Lipinski definition) is 4. The maximum absolute atomic E-state index is 11.9. The van der Waals surface area contributed by atoms with Gasteiger partial charge >= 0.3 is 0 Å². The van der Waals surface area contributed by atoms with Gasteiger partial charge in [0.05, 0.1) is 10.6 Å². The summed E-state index contributed by atoms with van der Waals surface area (Å²) >= 11 is 0. The summed E-state index contributed by atoms with van der Waals surface area (Å²) in [5, 5.41) is 17.6.